The Bertz CT molecular complexity index is 476. The summed E-state index contributed by atoms with van der Waals surface area (Å²) in [6, 6.07) is 0.267. The lowest BCUT2D eigenvalue weighted by Crippen LogP contribution is -2.49. The summed E-state index contributed by atoms with van der Waals surface area (Å²) in [6.45, 7) is 6.30. The summed E-state index contributed by atoms with van der Waals surface area (Å²) in [6.07, 6.45) is 6.35. The third-order valence-electron chi connectivity index (χ3n) is 3.79. The highest BCUT2D eigenvalue weighted by molar-refractivity contribution is 5.97. The molecule has 0 aromatic rings. The summed E-state index contributed by atoms with van der Waals surface area (Å²) >= 11 is 0. The maximum absolute atomic E-state index is 12.5. The first kappa shape index (κ1) is 14.5. The van der Waals surface area contributed by atoms with Crippen LogP contribution in [0.1, 0.15) is 19.8 Å². The second-order valence-electron chi connectivity index (χ2n) is 5.12. The molecule has 2 fully saturated rings. The molecule has 0 saturated carbocycles. The molecule has 2 unspecified atom stereocenters. The molecule has 2 saturated heterocycles. The van der Waals surface area contributed by atoms with E-state index in [4.69, 9.17) is 9.84 Å². The molecule has 5 heteroatoms. The van der Waals surface area contributed by atoms with Crippen molar-refractivity contribution in [3.05, 3.63) is 36.0 Å². The topological polar surface area (TPSA) is 66.8 Å². The maximum atomic E-state index is 12.5. The Morgan fingerprint density at radius 1 is 1.25 bits per heavy atom. The monoisotopic (exact) mass is 277 g/mol. The van der Waals surface area contributed by atoms with E-state index in [1.165, 1.54) is 25.2 Å². The van der Waals surface area contributed by atoms with Gasteiger partial charge in [0.2, 0.25) is 0 Å². The fourth-order valence-electron chi connectivity index (χ4n) is 2.62. The normalized spacial score (nSPS) is 26.6. The standard InChI is InChI=1S/C15H19NO4/c1-3-11(5-4-10(2)15(18)19)14(17)16-12-6-7-13(16)9-20-8-12/h3-5,12-13H,1,6-9H2,2H3,(H,18,19)/b10-4+,11-5+. The van der Waals surface area contributed by atoms with Crippen molar-refractivity contribution in [2.45, 2.75) is 31.8 Å². The number of hydrogen-bond donors (Lipinski definition) is 1. The van der Waals surface area contributed by atoms with E-state index in [1.807, 2.05) is 4.90 Å². The molecule has 0 spiro atoms. The van der Waals surface area contributed by atoms with E-state index >= 15 is 0 Å². The van der Waals surface area contributed by atoms with Crippen LogP contribution in [0.5, 0.6) is 0 Å². The lowest BCUT2D eigenvalue weighted by atomic mass is 10.1. The van der Waals surface area contributed by atoms with Gasteiger partial charge in [0.15, 0.2) is 0 Å². The first-order chi connectivity index (χ1) is 9.54. The zero-order chi connectivity index (χ0) is 14.7. The number of ether oxygens (including phenoxy) is 1. The van der Waals surface area contributed by atoms with Gasteiger partial charge in [-0.15, -0.1) is 0 Å². The van der Waals surface area contributed by atoms with Gasteiger partial charge in [-0.25, -0.2) is 4.79 Å². The molecule has 2 rings (SSSR count). The number of morpholine rings is 1. The molecule has 20 heavy (non-hydrogen) atoms. The Morgan fingerprint density at radius 3 is 2.35 bits per heavy atom. The number of carboxylic acids is 1. The van der Waals surface area contributed by atoms with Gasteiger partial charge in [0, 0.05) is 11.1 Å². The quantitative estimate of drug-likeness (QED) is 0.625. The number of carbonyl (C=O) groups is 2. The van der Waals surface area contributed by atoms with Crippen LogP contribution >= 0.6 is 0 Å². The minimum atomic E-state index is -0.997. The molecule has 2 aliphatic rings. The van der Waals surface area contributed by atoms with Crippen LogP contribution in [0.3, 0.4) is 0 Å². The number of hydrogen-bond acceptors (Lipinski definition) is 3. The van der Waals surface area contributed by atoms with E-state index in [9.17, 15) is 9.59 Å². The highest BCUT2D eigenvalue weighted by Crippen LogP contribution is 2.30. The molecule has 2 atom stereocenters. The molecule has 0 radical (unpaired) electrons. The van der Waals surface area contributed by atoms with Crippen molar-refractivity contribution in [2.24, 2.45) is 0 Å². The highest BCUT2D eigenvalue weighted by Gasteiger charge is 2.40. The second kappa shape index (κ2) is 6.05. The van der Waals surface area contributed by atoms with E-state index < -0.39 is 5.97 Å². The van der Waals surface area contributed by atoms with E-state index in [0.717, 1.165) is 12.8 Å². The lowest BCUT2D eigenvalue weighted by Gasteiger charge is -2.34. The van der Waals surface area contributed by atoms with Crippen LogP contribution in [-0.2, 0) is 14.3 Å². The number of allylic oxidation sites excluding steroid dienone is 2. The SMILES string of the molecule is C=C/C(=C\C=C(/C)C(=O)O)C(=O)N1C2CCC1COC2. The summed E-state index contributed by atoms with van der Waals surface area (Å²) in [5.41, 5.74) is 0.603. The highest BCUT2D eigenvalue weighted by atomic mass is 16.5. The number of carbonyl (C=O) groups excluding carboxylic acids is 1. The smallest absolute Gasteiger partial charge is 0.331 e. The fourth-order valence-corrected chi connectivity index (χ4v) is 2.62. The average molecular weight is 277 g/mol. The van der Waals surface area contributed by atoms with Gasteiger partial charge >= 0.3 is 5.97 Å². The van der Waals surface area contributed by atoms with Crippen LogP contribution in [0.2, 0.25) is 0 Å². The molecule has 0 aromatic carbocycles. The summed E-state index contributed by atoms with van der Waals surface area (Å²) in [4.78, 5) is 25.1. The molecule has 2 heterocycles. The minimum Gasteiger partial charge on any atom is -0.478 e. The van der Waals surface area contributed by atoms with Crippen LogP contribution in [0.15, 0.2) is 36.0 Å². The third kappa shape index (κ3) is 2.82. The predicted molar refractivity (Wildman–Crippen MR) is 74.1 cm³/mol. The lowest BCUT2D eigenvalue weighted by molar-refractivity contribution is -0.136. The maximum Gasteiger partial charge on any atom is 0.331 e. The summed E-state index contributed by atoms with van der Waals surface area (Å²) in [5.74, 6) is -1.09. The molecule has 0 aromatic heterocycles. The van der Waals surface area contributed by atoms with E-state index in [1.54, 1.807) is 0 Å². The molecular weight excluding hydrogens is 258 g/mol. The number of rotatable bonds is 4. The zero-order valence-electron chi connectivity index (χ0n) is 11.5. The van der Waals surface area contributed by atoms with Crippen LogP contribution in [0, 0.1) is 0 Å². The zero-order valence-corrected chi connectivity index (χ0v) is 11.5. The molecule has 2 aliphatic heterocycles. The fraction of sp³-hybridized carbons (Fsp3) is 0.467. The summed E-state index contributed by atoms with van der Waals surface area (Å²) < 4.78 is 5.45. The third-order valence-corrected chi connectivity index (χ3v) is 3.79. The first-order valence-corrected chi connectivity index (χ1v) is 6.69. The van der Waals surface area contributed by atoms with Crippen molar-refractivity contribution in [3.63, 3.8) is 0 Å². The van der Waals surface area contributed by atoms with Crippen molar-refractivity contribution >= 4 is 11.9 Å². The average Bonchev–Trinajstić information content (AvgIpc) is 2.68. The second-order valence-corrected chi connectivity index (χ2v) is 5.12. The number of nitrogens with zero attached hydrogens (tertiary/aromatic N) is 1. The Balaban J connectivity index is 2.18. The van der Waals surface area contributed by atoms with Crippen LogP contribution in [-0.4, -0.2) is 47.2 Å². The largest absolute Gasteiger partial charge is 0.478 e. The first-order valence-electron chi connectivity index (χ1n) is 6.69. The number of amides is 1. The molecule has 5 nitrogen and oxygen atoms in total. The van der Waals surface area contributed by atoms with Crippen LogP contribution < -0.4 is 0 Å². The number of carboxylic acid groups (broad SMARTS) is 1. The molecule has 0 aliphatic carbocycles. The van der Waals surface area contributed by atoms with Gasteiger partial charge in [-0.3, -0.25) is 4.79 Å². The van der Waals surface area contributed by atoms with E-state index in [-0.39, 0.29) is 23.6 Å². The minimum absolute atomic E-state index is 0.0924. The van der Waals surface area contributed by atoms with Crippen molar-refractivity contribution in [1.29, 1.82) is 0 Å². The van der Waals surface area contributed by atoms with Gasteiger partial charge in [-0.2, -0.15) is 0 Å². The molecule has 1 N–H and O–H groups in total. The van der Waals surface area contributed by atoms with Crippen LogP contribution in [0.4, 0.5) is 0 Å². The van der Waals surface area contributed by atoms with Crippen molar-refractivity contribution < 1.29 is 19.4 Å². The predicted octanol–water partition coefficient (Wildman–Crippen LogP) is 1.52. The Hall–Kier alpha value is -1.88. The van der Waals surface area contributed by atoms with Gasteiger partial charge in [0.25, 0.3) is 5.91 Å². The van der Waals surface area contributed by atoms with Gasteiger partial charge < -0.3 is 14.7 Å². The van der Waals surface area contributed by atoms with Crippen LogP contribution in [0.25, 0.3) is 0 Å². The summed E-state index contributed by atoms with van der Waals surface area (Å²) in [7, 11) is 0. The van der Waals surface area contributed by atoms with E-state index in [0.29, 0.717) is 18.8 Å². The number of aliphatic carboxylic acids is 1. The molecule has 1 amide bonds. The van der Waals surface area contributed by atoms with Gasteiger partial charge in [-0.05, 0) is 25.8 Å². The molecule has 2 bridgehead atoms. The van der Waals surface area contributed by atoms with Crippen molar-refractivity contribution in [1.82, 2.24) is 4.90 Å². The van der Waals surface area contributed by atoms with Gasteiger partial charge in [-0.1, -0.05) is 18.7 Å². The Labute approximate surface area is 118 Å². The molecule has 108 valence electrons. The van der Waals surface area contributed by atoms with Crippen molar-refractivity contribution in [2.75, 3.05) is 13.2 Å². The summed E-state index contributed by atoms with van der Waals surface area (Å²) in [5, 5.41) is 8.81. The van der Waals surface area contributed by atoms with Gasteiger partial charge in [0.05, 0.1) is 25.3 Å². The van der Waals surface area contributed by atoms with Gasteiger partial charge in [0.1, 0.15) is 0 Å². The molecular formula is C15H19NO4. The number of fused-ring (bicyclic) bond motifs is 2. The Morgan fingerprint density at radius 2 is 1.85 bits per heavy atom. The van der Waals surface area contributed by atoms with E-state index in [2.05, 4.69) is 6.58 Å². The Kier molecular flexibility index (Phi) is 4.39. The van der Waals surface area contributed by atoms with Crippen molar-refractivity contribution in [3.8, 4) is 0 Å².